The quantitative estimate of drug-likeness (QED) is 0.763. The maximum absolute atomic E-state index is 11.1. The molecule has 0 fully saturated rings. The normalized spacial score (nSPS) is 10.6. The molecule has 0 bridgehead atoms. The van der Waals surface area contributed by atoms with Crippen LogP contribution in [0.1, 0.15) is 13.8 Å². The molecule has 2 heterocycles. The Morgan fingerprint density at radius 3 is 2.86 bits per heavy atom. The summed E-state index contributed by atoms with van der Waals surface area (Å²) in [6.45, 7) is 4.13. The molecule has 0 unspecified atom stereocenters. The lowest BCUT2D eigenvalue weighted by Gasteiger charge is -2.08. The summed E-state index contributed by atoms with van der Waals surface area (Å²) in [4.78, 5) is 19.5. The second-order valence-corrected chi connectivity index (χ2v) is 4.69. The summed E-state index contributed by atoms with van der Waals surface area (Å²) in [5, 5.41) is 14.1. The average Bonchev–Trinajstić information content (AvgIpc) is 2.91. The maximum atomic E-state index is 11.1. The number of rotatable bonds is 4. The van der Waals surface area contributed by atoms with E-state index < -0.39 is 0 Å². The molecule has 0 radical (unpaired) electrons. The first-order valence-electron chi connectivity index (χ1n) is 6.86. The van der Waals surface area contributed by atoms with Crippen LogP contribution >= 0.6 is 0 Å². The first kappa shape index (κ1) is 13.9. The van der Waals surface area contributed by atoms with Crippen molar-refractivity contribution in [3.63, 3.8) is 0 Å². The van der Waals surface area contributed by atoms with Crippen LogP contribution < -0.4 is 10.6 Å². The van der Waals surface area contributed by atoms with Crippen LogP contribution in [0.5, 0.6) is 0 Å². The average molecular weight is 297 g/mol. The predicted molar refractivity (Wildman–Crippen MR) is 82.8 cm³/mol. The summed E-state index contributed by atoms with van der Waals surface area (Å²) in [6.07, 6.45) is 1.47. The molecule has 1 amide bonds. The van der Waals surface area contributed by atoms with E-state index in [1.165, 1.54) is 13.3 Å². The lowest BCUT2D eigenvalue weighted by atomic mass is 10.2. The third kappa shape index (κ3) is 2.71. The van der Waals surface area contributed by atoms with Gasteiger partial charge in [0.15, 0.2) is 17.0 Å². The van der Waals surface area contributed by atoms with Crippen LogP contribution in [0.15, 0.2) is 30.6 Å². The van der Waals surface area contributed by atoms with E-state index in [0.29, 0.717) is 29.2 Å². The van der Waals surface area contributed by atoms with Crippen molar-refractivity contribution < 1.29 is 4.79 Å². The number of carbonyl (C=O) groups excluding carboxylic acids is 1. The second kappa shape index (κ2) is 5.76. The van der Waals surface area contributed by atoms with Crippen LogP contribution in [-0.2, 0) is 11.3 Å². The molecule has 8 nitrogen and oxygen atoms in total. The Balaban J connectivity index is 1.93. The summed E-state index contributed by atoms with van der Waals surface area (Å²) in [5.41, 5.74) is 2.78. The number of nitrogens with one attached hydrogen (secondary N) is 2. The smallest absolute Gasteiger partial charge is 0.221 e. The van der Waals surface area contributed by atoms with Crippen LogP contribution in [0.4, 0.5) is 17.2 Å². The monoisotopic (exact) mass is 297 g/mol. The van der Waals surface area contributed by atoms with Gasteiger partial charge < -0.3 is 10.6 Å². The molecule has 2 aromatic heterocycles. The Labute approximate surface area is 126 Å². The Kier molecular flexibility index (Phi) is 3.65. The van der Waals surface area contributed by atoms with Crippen molar-refractivity contribution in [2.45, 2.75) is 20.4 Å². The minimum Gasteiger partial charge on any atom is -0.338 e. The van der Waals surface area contributed by atoms with Crippen LogP contribution in [0.3, 0.4) is 0 Å². The molecule has 0 saturated heterocycles. The second-order valence-electron chi connectivity index (χ2n) is 4.69. The number of fused-ring (bicyclic) bond motifs is 1. The molecule has 3 aromatic rings. The van der Waals surface area contributed by atoms with Gasteiger partial charge in [0.05, 0.1) is 0 Å². The van der Waals surface area contributed by atoms with E-state index in [0.717, 1.165) is 5.69 Å². The number of carbonyl (C=O) groups is 1. The third-order valence-corrected chi connectivity index (χ3v) is 3.05. The number of aromatic nitrogens is 5. The van der Waals surface area contributed by atoms with Crippen molar-refractivity contribution in [1.29, 1.82) is 0 Å². The van der Waals surface area contributed by atoms with Crippen molar-refractivity contribution >= 4 is 34.3 Å². The zero-order valence-corrected chi connectivity index (χ0v) is 12.2. The zero-order chi connectivity index (χ0) is 15.5. The van der Waals surface area contributed by atoms with Gasteiger partial charge in [-0.15, -0.1) is 5.10 Å². The fourth-order valence-corrected chi connectivity index (χ4v) is 2.11. The molecule has 0 saturated carbocycles. The van der Waals surface area contributed by atoms with E-state index in [1.54, 1.807) is 4.68 Å². The third-order valence-electron chi connectivity index (χ3n) is 3.05. The van der Waals surface area contributed by atoms with Gasteiger partial charge in [-0.05, 0) is 25.1 Å². The fourth-order valence-electron chi connectivity index (χ4n) is 2.11. The van der Waals surface area contributed by atoms with Gasteiger partial charge in [-0.3, -0.25) is 4.79 Å². The van der Waals surface area contributed by atoms with E-state index in [-0.39, 0.29) is 5.91 Å². The lowest BCUT2D eigenvalue weighted by Crippen LogP contribution is -2.06. The summed E-state index contributed by atoms with van der Waals surface area (Å²) < 4.78 is 1.70. The molecule has 0 spiro atoms. The molecule has 0 aliphatic heterocycles. The van der Waals surface area contributed by atoms with Gasteiger partial charge in [-0.1, -0.05) is 11.3 Å². The number of anilines is 3. The SMILES string of the molecule is CCn1nnc2c(Nc3cccc(NC(C)=O)c3)ncnc21. The highest BCUT2D eigenvalue weighted by molar-refractivity contribution is 5.90. The van der Waals surface area contributed by atoms with Crippen molar-refractivity contribution in [3.05, 3.63) is 30.6 Å². The van der Waals surface area contributed by atoms with E-state index in [4.69, 9.17) is 0 Å². The fraction of sp³-hybridized carbons (Fsp3) is 0.214. The standard InChI is InChI=1S/C14H15N7O/c1-3-21-14-12(19-20-21)13(15-8-16-14)18-11-6-4-5-10(7-11)17-9(2)22/h4-8H,3H2,1-2H3,(H,17,22)(H,15,16,18). The van der Waals surface area contributed by atoms with Gasteiger partial charge in [-0.2, -0.15) is 0 Å². The summed E-state index contributed by atoms with van der Waals surface area (Å²) in [6, 6.07) is 7.35. The summed E-state index contributed by atoms with van der Waals surface area (Å²) >= 11 is 0. The number of hydrogen-bond acceptors (Lipinski definition) is 6. The molecular formula is C14H15N7O. The van der Waals surface area contributed by atoms with Gasteiger partial charge in [0, 0.05) is 24.8 Å². The van der Waals surface area contributed by atoms with Crippen molar-refractivity contribution in [2.24, 2.45) is 0 Å². The van der Waals surface area contributed by atoms with E-state index in [9.17, 15) is 4.79 Å². The molecule has 1 aromatic carbocycles. The molecule has 112 valence electrons. The van der Waals surface area contributed by atoms with E-state index >= 15 is 0 Å². The van der Waals surface area contributed by atoms with Crippen LogP contribution in [0.2, 0.25) is 0 Å². The molecule has 0 atom stereocenters. The molecule has 3 rings (SSSR count). The molecular weight excluding hydrogens is 282 g/mol. The van der Waals surface area contributed by atoms with Gasteiger partial charge in [0.2, 0.25) is 5.91 Å². The number of nitrogens with zero attached hydrogens (tertiary/aromatic N) is 5. The predicted octanol–water partition coefficient (Wildman–Crippen LogP) is 1.94. The topological polar surface area (TPSA) is 97.6 Å². The van der Waals surface area contributed by atoms with E-state index in [1.807, 2.05) is 31.2 Å². The van der Waals surface area contributed by atoms with Crippen LogP contribution in [0, 0.1) is 0 Å². The number of benzene rings is 1. The minimum atomic E-state index is -0.118. The van der Waals surface area contributed by atoms with Crippen LogP contribution in [0.25, 0.3) is 11.2 Å². The first-order valence-corrected chi connectivity index (χ1v) is 6.86. The molecule has 0 aliphatic rings. The number of aryl methyl sites for hydroxylation is 1. The Morgan fingerprint density at radius 2 is 2.09 bits per heavy atom. The summed E-state index contributed by atoms with van der Waals surface area (Å²) in [5.74, 6) is 0.456. The highest BCUT2D eigenvalue weighted by Crippen LogP contribution is 2.22. The van der Waals surface area contributed by atoms with Crippen molar-refractivity contribution in [3.8, 4) is 0 Å². The largest absolute Gasteiger partial charge is 0.338 e. The highest BCUT2D eigenvalue weighted by Gasteiger charge is 2.11. The zero-order valence-electron chi connectivity index (χ0n) is 12.2. The van der Waals surface area contributed by atoms with Crippen molar-refractivity contribution in [1.82, 2.24) is 25.0 Å². The minimum absolute atomic E-state index is 0.118. The van der Waals surface area contributed by atoms with Crippen LogP contribution in [-0.4, -0.2) is 30.9 Å². The highest BCUT2D eigenvalue weighted by atomic mass is 16.1. The van der Waals surface area contributed by atoms with Crippen molar-refractivity contribution in [2.75, 3.05) is 10.6 Å². The molecule has 22 heavy (non-hydrogen) atoms. The van der Waals surface area contributed by atoms with Gasteiger partial charge in [-0.25, -0.2) is 14.6 Å². The lowest BCUT2D eigenvalue weighted by molar-refractivity contribution is -0.114. The van der Waals surface area contributed by atoms with Gasteiger partial charge >= 0.3 is 0 Å². The van der Waals surface area contributed by atoms with Gasteiger partial charge in [0.25, 0.3) is 0 Å². The Bertz CT molecular complexity index is 827. The van der Waals surface area contributed by atoms with E-state index in [2.05, 4.69) is 30.9 Å². The summed E-state index contributed by atoms with van der Waals surface area (Å²) in [7, 11) is 0. The van der Waals surface area contributed by atoms with Gasteiger partial charge in [0.1, 0.15) is 6.33 Å². The molecule has 0 aliphatic carbocycles. The Morgan fingerprint density at radius 1 is 1.27 bits per heavy atom. The first-order chi connectivity index (χ1) is 10.7. The molecule has 8 heteroatoms. The number of hydrogen-bond donors (Lipinski definition) is 2. The Hall–Kier alpha value is -3.03. The molecule has 2 N–H and O–H groups in total. The maximum Gasteiger partial charge on any atom is 0.221 e. The number of amides is 1.